The standard InChI is InChI=1S/C20H34O5/c1-14(2)17(8-7-16(4)21)10-11-20(5,25)13-18(22)12-15(3)6-9-19(23)24/h10-12,14,17-18,22,25H,6-9,13H2,1-5H3,(H,23,24)/b11-10+,15-12+/t17-,18+,20+/m1/s1. The van der Waals surface area contributed by atoms with Crippen molar-refractivity contribution in [1.29, 1.82) is 0 Å². The number of carbonyl (C=O) groups is 2. The summed E-state index contributed by atoms with van der Waals surface area (Å²) in [6, 6.07) is 0. The highest BCUT2D eigenvalue weighted by molar-refractivity contribution is 5.75. The Morgan fingerprint density at radius 3 is 2.20 bits per heavy atom. The second kappa shape index (κ2) is 11.2. The number of rotatable bonds is 12. The van der Waals surface area contributed by atoms with Crippen LogP contribution < -0.4 is 0 Å². The number of aliphatic hydroxyl groups is 2. The lowest BCUT2D eigenvalue weighted by Gasteiger charge is -2.24. The van der Waals surface area contributed by atoms with Crippen LogP contribution >= 0.6 is 0 Å². The zero-order chi connectivity index (χ0) is 19.6. The summed E-state index contributed by atoms with van der Waals surface area (Å²) in [5.41, 5.74) is -0.386. The van der Waals surface area contributed by atoms with Crippen LogP contribution in [-0.2, 0) is 9.59 Å². The van der Waals surface area contributed by atoms with Crippen molar-refractivity contribution in [3.8, 4) is 0 Å². The van der Waals surface area contributed by atoms with Crippen LogP contribution in [0.15, 0.2) is 23.8 Å². The van der Waals surface area contributed by atoms with E-state index in [0.717, 1.165) is 12.0 Å². The highest BCUT2D eigenvalue weighted by Crippen LogP contribution is 2.23. The molecule has 3 atom stereocenters. The first-order chi connectivity index (χ1) is 11.4. The summed E-state index contributed by atoms with van der Waals surface area (Å²) in [4.78, 5) is 21.7. The number of carboxylic acid groups (broad SMARTS) is 1. The van der Waals surface area contributed by atoms with E-state index in [2.05, 4.69) is 13.8 Å². The van der Waals surface area contributed by atoms with E-state index in [1.807, 2.05) is 6.08 Å². The van der Waals surface area contributed by atoms with E-state index in [1.54, 1.807) is 32.9 Å². The molecule has 0 rings (SSSR count). The molecule has 25 heavy (non-hydrogen) atoms. The second-order valence-corrected chi connectivity index (χ2v) is 7.54. The van der Waals surface area contributed by atoms with E-state index < -0.39 is 17.7 Å². The SMILES string of the molecule is CC(=O)CC[C@H](/C=C/[C@](C)(O)C[C@@H](O)/C=C(\C)CCC(=O)O)C(C)C. The Morgan fingerprint density at radius 1 is 1.12 bits per heavy atom. The molecule has 144 valence electrons. The van der Waals surface area contributed by atoms with Gasteiger partial charge in [-0.3, -0.25) is 4.79 Å². The molecule has 0 radical (unpaired) electrons. The van der Waals surface area contributed by atoms with Crippen molar-refractivity contribution in [2.24, 2.45) is 11.8 Å². The van der Waals surface area contributed by atoms with Gasteiger partial charge in [0.1, 0.15) is 5.78 Å². The minimum absolute atomic E-state index is 0.0254. The number of ketones is 1. The molecule has 5 nitrogen and oxygen atoms in total. The third kappa shape index (κ3) is 12.5. The van der Waals surface area contributed by atoms with Crippen molar-refractivity contribution in [2.75, 3.05) is 0 Å². The zero-order valence-electron chi connectivity index (χ0n) is 16.2. The Balaban J connectivity index is 4.73. The first-order valence-electron chi connectivity index (χ1n) is 8.91. The molecule has 0 saturated heterocycles. The lowest BCUT2D eigenvalue weighted by molar-refractivity contribution is -0.137. The topological polar surface area (TPSA) is 94.8 Å². The van der Waals surface area contributed by atoms with Crippen LogP contribution in [0.2, 0.25) is 0 Å². The molecule has 0 aliphatic rings. The van der Waals surface area contributed by atoms with Crippen molar-refractivity contribution in [2.45, 2.75) is 78.4 Å². The molecule has 0 amide bonds. The lowest BCUT2D eigenvalue weighted by Crippen LogP contribution is -2.27. The van der Waals surface area contributed by atoms with E-state index in [4.69, 9.17) is 5.11 Å². The molecule has 0 aromatic rings. The molecular formula is C20H34O5. The number of carbonyl (C=O) groups excluding carboxylic acids is 1. The van der Waals surface area contributed by atoms with E-state index in [-0.39, 0.29) is 24.5 Å². The van der Waals surface area contributed by atoms with Gasteiger partial charge in [0, 0.05) is 19.3 Å². The first kappa shape index (κ1) is 23.5. The van der Waals surface area contributed by atoms with Gasteiger partial charge in [-0.1, -0.05) is 37.6 Å². The summed E-state index contributed by atoms with van der Waals surface area (Å²) in [5.74, 6) is -0.166. The summed E-state index contributed by atoms with van der Waals surface area (Å²) in [6.45, 7) is 9.13. The van der Waals surface area contributed by atoms with Gasteiger partial charge in [-0.25, -0.2) is 0 Å². The summed E-state index contributed by atoms with van der Waals surface area (Å²) in [5, 5.41) is 29.3. The van der Waals surface area contributed by atoms with Crippen molar-refractivity contribution < 1.29 is 24.9 Å². The van der Waals surface area contributed by atoms with Crippen molar-refractivity contribution in [3.63, 3.8) is 0 Å². The summed E-state index contributed by atoms with van der Waals surface area (Å²) in [7, 11) is 0. The Morgan fingerprint density at radius 2 is 1.72 bits per heavy atom. The van der Waals surface area contributed by atoms with Crippen LogP contribution in [0.4, 0.5) is 0 Å². The van der Waals surface area contributed by atoms with Gasteiger partial charge in [0.25, 0.3) is 0 Å². The third-order valence-electron chi connectivity index (χ3n) is 4.22. The minimum atomic E-state index is -1.17. The number of hydrogen-bond donors (Lipinski definition) is 3. The smallest absolute Gasteiger partial charge is 0.303 e. The van der Waals surface area contributed by atoms with Crippen LogP contribution in [0.1, 0.15) is 66.7 Å². The Hall–Kier alpha value is -1.46. The quantitative estimate of drug-likeness (QED) is 0.466. The summed E-state index contributed by atoms with van der Waals surface area (Å²) < 4.78 is 0. The van der Waals surface area contributed by atoms with E-state index >= 15 is 0 Å². The average Bonchev–Trinajstić information content (AvgIpc) is 2.43. The maximum atomic E-state index is 11.2. The molecule has 0 fully saturated rings. The predicted molar refractivity (Wildman–Crippen MR) is 99.3 cm³/mol. The highest BCUT2D eigenvalue weighted by atomic mass is 16.4. The maximum Gasteiger partial charge on any atom is 0.303 e. The molecule has 0 aromatic carbocycles. The number of aliphatic hydroxyl groups excluding tert-OH is 1. The molecule has 0 heterocycles. The Bertz CT molecular complexity index is 488. The van der Waals surface area contributed by atoms with Crippen LogP contribution in [0, 0.1) is 11.8 Å². The molecule has 0 spiro atoms. The molecule has 0 aromatic heterocycles. The fourth-order valence-electron chi connectivity index (χ4n) is 2.62. The molecule has 0 unspecified atom stereocenters. The van der Waals surface area contributed by atoms with Gasteiger partial charge in [-0.2, -0.15) is 0 Å². The Kier molecular flexibility index (Phi) is 10.6. The van der Waals surface area contributed by atoms with Crippen LogP contribution in [0.3, 0.4) is 0 Å². The number of Topliss-reactive ketones (excluding diaryl/α,β-unsaturated/α-hetero) is 1. The number of carboxylic acids is 1. The predicted octanol–water partition coefficient (Wildman–Crippen LogP) is 3.50. The third-order valence-corrected chi connectivity index (χ3v) is 4.22. The van der Waals surface area contributed by atoms with Crippen molar-refractivity contribution >= 4 is 11.8 Å². The Labute approximate surface area is 151 Å². The number of aliphatic carboxylic acids is 1. The van der Waals surface area contributed by atoms with E-state index in [9.17, 15) is 19.8 Å². The largest absolute Gasteiger partial charge is 0.481 e. The molecule has 0 aliphatic carbocycles. The van der Waals surface area contributed by atoms with Crippen molar-refractivity contribution in [1.82, 2.24) is 0 Å². The summed E-state index contributed by atoms with van der Waals surface area (Å²) >= 11 is 0. The first-order valence-corrected chi connectivity index (χ1v) is 8.91. The van der Waals surface area contributed by atoms with Gasteiger partial charge in [0.2, 0.25) is 0 Å². The minimum Gasteiger partial charge on any atom is -0.481 e. The summed E-state index contributed by atoms with van der Waals surface area (Å²) in [6.07, 6.45) is 6.18. The zero-order valence-corrected chi connectivity index (χ0v) is 16.2. The monoisotopic (exact) mass is 354 g/mol. The van der Waals surface area contributed by atoms with Gasteiger partial charge in [0.05, 0.1) is 11.7 Å². The van der Waals surface area contributed by atoms with Gasteiger partial charge < -0.3 is 20.1 Å². The highest BCUT2D eigenvalue weighted by Gasteiger charge is 2.22. The van der Waals surface area contributed by atoms with Crippen LogP contribution in [0.5, 0.6) is 0 Å². The molecule has 0 saturated carbocycles. The van der Waals surface area contributed by atoms with Crippen molar-refractivity contribution in [3.05, 3.63) is 23.8 Å². The molecular weight excluding hydrogens is 320 g/mol. The normalized spacial score (nSPS) is 17.5. The van der Waals surface area contributed by atoms with Gasteiger partial charge >= 0.3 is 5.97 Å². The number of allylic oxidation sites excluding steroid dienone is 2. The second-order valence-electron chi connectivity index (χ2n) is 7.54. The maximum absolute atomic E-state index is 11.2. The van der Waals surface area contributed by atoms with Crippen LogP contribution in [-0.4, -0.2) is 38.8 Å². The van der Waals surface area contributed by atoms with Gasteiger partial charge in [-0.15, -0.1) is 0 Å². The van der Waals surface area contributed by atoms with Crippen LogP contribution in [0.25, 0.3) is 0 Å². The molecule has 3 N–H and O–H groups in total. The van der Waals surface area contributed by atoms with Gasteiger partial charge in [0.15, 0.2) is 0 Å². The van der Waals surface area contributed by atoms with E-state index in [0.29, 0.717) is 18.8 Å². The average molecular weight is 354 g/mol. The fourth-order valence-corrected chi connectivity index (χ4v) is 2.62. The molecule has 0 aliphatic heterocycles. The fraction of sp³-hybridized carbons (Fsp3) is 0.700. The molecule has 0 bridgehead atoms. The number of hydrogen-bond acceptors (Lipinski definition) is 4. The lowest BCUT2D eigenvalue weighted by atomic mass is 9.87. The van der Waals surface area contributed by atoms with Gasteiger partial charge in [-0.05, 0) is 45.4 Å². The molecule has 5 heteroatoms. The van der Waals surface area contributed by atoms with E-state index in [1.165, 1.54) is 0 Å².